The third-order valence-corrected chi connectivity index (χ3v) is 2.66. The van der Waals surface area contributed by atoms with Gasteiger partial charge in [-0.3, -0.25) is 4.98 Å². The van der Waals surface area contributed by atoms with Gasteiger partial charge >= 0.3 is 29.6 Å². The summed E-state index contributed by atoms with van der Waals surface area (Å²) < 4.78 is 0. The molecule has 0 amide bonds. The molecule has 15 heavy (non-hydrogen) atoms. The second-order valence-electron chi connectivity index (χ2n) is 2.87. The summed E-state index contributed by atoms with van der Waals surface area (Å²) >= 11 is 10.4. The van der Waals surface area contributed by atoms with Crippen molar-refractivity contribution in [1.82, 2.24) is 4.98 Å². The molecule has 0 saturated carbocycles. The van der Waals surface area contributed by atoms with Gasteiger partial charge in [-0.05, 0) is 17.7 Å². The molecule has 1 nitrogen and oxygen atoms in total. The molecule has 0 N–H and O–H groups in total. The van der Waals surface area contributed by atoms with E-state index >= 15 is 0 Å². The second kappa shape index (κ2) is 5.92. The zero-order chi connectivity index (χ0) is 9.97. The first-order valence-corrected chi connectivity index (χ1v) is 4.99. The average Bonchev–Trinajstić information content (AvgIpc) is 2.20. The van der Waals surface area contributed by atoms with E-state index in [4.69, 9.17) is 11.6 Å². The summed E-state index contributed by atoms with van der Waals surface area (Å²) in [6.45, 7) is 0. The molecule has 2 aromatic rings. The van der Waals surface area contributed by atoms with Gasteiger partial charge in [0.2, 0.25) is 0 Å². The number of rotatable bonds is 1. The smallest absolute Gasteiger partial charge is 1.00 e. The standard InChI is InChI=1S/C11H8ClNS.Na.H/c12-10-7-13-6-5-8(10)9-3-1-2-4-11(9)14;;/h1-7,14H;;/q;+1;-1. The van der Waals surface area contributed by atoms with E-state index in [-0.39, 0.29) is 31.0 Å². The molecule has 72 valence electrons. The van der Waals surface area contributed by atoms with Gasteiger partial charge in [-0.25, -0.2) is 0 Å². The molecule has 2 rings (SSSR count). The molecule has 1 aromatic heterocycles. The first-order valence-electron chi connectivity index (χ1n) is 4.17. The Morgan fingerprint density at radius 3 is 2.53 bits per heavy atom. The molecule has 0 unspecified atom stereocenters. The van der Waals surface area contributed by atoms with Crippen molar-refractivity contribution in [2.45, 2.75) is 4.90 Å². The SMILES string of the molecule is Sc1ccccc1-c1ccncc1Cl.[H-].[Na+]. The number of aromatic nitrogens is 1. The van der Waals surface area contributed by atoms with E-state index in [1.807, 2.05) is 30.3 Å². The maximum Gasteiger partial charge on any atom is 1.00 e. The van der Waals surface area contributed by atoms with Crippen molar-refractivity contribution in [3.05, 3.63) is 47.7 Å². The summed E-state index contributed by atoms with van der Waals surface area (Å²) in [5, 5.41) is 0.647. The molecule has 0 aliphatic rings. The minimum atomic E-state index is 0. The van der Waals surface area contributed by atoms with Crippen molar-refractivity contribution in [2.24, 2.45) is 0 Å². The van der Waals surface area contributed by atoms with E-state index in [1.54, 1.807) is 12.4 Å². The molecule has 0 spiro atoms. The third-order valence-electron chi connectivity index (χ3n) is 1.97. The van der Waals surface area contributed by atoms with Crippen molar-refractivity contribution < 1.29 is 31.0 Å². The van der Waals surface area contributed by atoms with Gasteiger partial charge < -0.3 is 1.43 Å². The number of thiol groups is 1. The normalized spacial score (nSPS) is 9.47. The number of hydrogen-bond donors (Lipinski definition) is 1. The first kappa shape index (κ1) is 13.1. The van der Waals surface area contributed by atoms with E-state index in [1.165, 1.54) is 0 Å². The molecule has 1 heterocycles. The van der Waals surface area contributed by atoms with Crippen LogP contribution >= 0.6 is 24.2 Å². The molecule has 0 saturated heterocycles. The van der Waals surface area contributed by atoms with Crippen LogP contribution in [-0.2, 0) is 0 Å². The number of nitrogens with zero attached hydrogens (tertiary/aromatic N) is 1. The average molecular weight is 246 g/mol. The zero-order valence-corrected chi connectivity index (χ0v) is 12.0. The zero-order valence-electron chi connectivity index (χ0n) is 9.31. The van der Waals surface area contributed by atoms with E-state index < -0.39 is 0 Å². The minimum Gasteiger partial charge on any atom is -1.00 e. The van der Waals surface area contributed by atoms with E-state index in [0.29, 0.717) is 5.02 Å². The number of hydrogen-bond acceptors (Lipinski definition) is 2. The van der Waals surface area contributed by atoms with Crippen LogP contribution in [0.3, 0.4) is 0 Å². The fourth-order valence-electron chi connectivity index (χ4n) is 1.30. The Labute approximate surface area is 123 Å². The van der Waals surface area contributed by atoms with Gasteiger partial charge in [0.15, 0.2) is 0 Å². The van der Waals surface area contributed by atoms with Crippen molar-refractivity contribution in [3.63, 3.8) is 0 Å². The molecule has 0 bridgehead atoms. The number of benzene rings is 1. The second-order valence-corrected chi connectivity index (χ2v) is 3.76. The van der Waals surface area contributed by atoms with Crippen LogP contribution in [0.2, 0.25) is 5.02 Å². The first-order chi connectivity index (χ1) is 6.79. The van der Waals surface area contributed by atoms with Crippen molar-refractivity contribution in [2.75, 3.05) is 0 Å². The van der Waals surface area contributed by atoms with Gasteiger partial charge in [-0.15, -0.1) is 12.6 Å². The minimum absolute atomic E-state index is 0. The van der Waals surface area contributed by atoms with E-state index in [2.05, 4.69) is 17.6 Å². The molecule has 1 aromatic carbocycles. The van der Waals surface area contributed by atoms with Gasteiger partial charge in [0.05, 0.1) is 5.02 Å². The monoisotopic (exact) mass is 245 g/mol. The van der Waals surface area contributed by atoms with Crippen LogP contribution in [0.25, 0.3) is 11.1 Å². The molecule has 0 atom stereocenters. The van der Waals surface area contributed by atoms with Gasteiger partial charge in [-0.2, -0.15) is 0 Å². The fourth-order valence-corrected chi connectivity index (χ4v) is 1.80. The largest absolute Gasteiger partial charge is 1.00 e. The molecule has 0 aliphatic carbocycles. The molecular formula is C11H9ClNNaS. The van der Waals surface area contributed by atoms with Gasteiger partial charge in [0, 0.05) is 22.9 Å². The summed E-state index contributed by atoms with van der Waals surface area (Å²) in [4.78, 5) is 4.86. The Kier molecular flexibility index (Phi) is 5.16. The summed E-state index contributed by atoms with van der Waals surface area (Å²) in [6, 6.07) is 9.73. The van der Waals surface area contributed by atoms with Crippen molar-refractivity contribution >= 4 is 24.2 Å². The van der Waals surface area contributed by atoms with Crippen LogP contribution in [0, 0.1) is 0 Å². The quantitative estimate of drug-likeness (QED) is 0.580. The Bertz CT molecular complexity index is 424. The Hall–Kier alpha value is 0.0100. The molecule has 0 fully saturated rings. The summed E-state index contributed by atoms with van der Waals surface area (Å²) in [5.74, 6) is 0. The van der Waals surface area contributed by atoms with Crippen LogP contribution in [0.1, 0.15) is 1.43 Å². The topological polar surface area (TPSA) is 12.9 Å². The molecule has 0 aliphatic heterocycles. The summed E-state index contributed by atoms with van der Waals surface area (Å²) in [6.07, 6.45) is 3.36. The van der Waals surface area contributed by atoms with Crippen molar-refractivity contribution in [3.8, 4) is 11.1 Å². The maximum atomic E-state index is 6.03. The predicted octanol–water partition coefficient (Wildman–Crippen LogP) is 0.807. The molecule has 4 heteroatoms. The van der Waals surface area contributed by atoms with Gasteiger partial charge in [-0.1, -0.05) is 29.8 Å². The van der Waals surface area contributed by atoms with E-state index in [9.17, 15) is 0 Å². The van der Waals surface area contributed by atoms with Crippen LogP contribution in [-0.4, -0.2) is 4.98 Å². The number of pyridine rings is 1. The van der Waals surface area contributed by atoms with Crippen LogP contribution in [0.5, 0.6) is 0 Å². The van der Waals surface area contributed by atoms with Crippen LogP contribution < -0.4 is 29.6 Å². The third kappa shape index (κ3) is 2.99. The molecule has 0 radical (unpaired) electrons. The Morgan fingerprint density at radius 2 is 1.87 bits per heavy atom. The summed E-state index contributed by atoms with van der Waals surface area (Å²) in [5.41, 5.74) is 2.00. The predicted molar refractivity (Wildman–Crippen MR) is 63.0 cm³/mol. The van der Waals surface area contributed by atoms with Crippen molar-refractivity contribution in [1.29, 1.82) is 0 Å². The maximum absolute atomic E-state index is 6.03. The molecular weight excluding hydrogens is 237 g/mol. The Balaban J connectivity index is 0.00000112. The van der Waals surface area contributed by atoms with Crippen LogP contribution in [0.4, 0.5) is 0 Å². The van der Waals surface area contributed by atoms with Gasteiger partial charge in [0.25, 0.3) is 0 Å². The Morgan fingerprint density at radius 1 is 1.13 bits per heavy atom. The number of halogens is 1. The fraction of sp³-hybridized carbons (Fsp3) is 0. The van der Waals surface area contributed by atoms with Gasteiger partial charge in [0.1, 0.15) is 0 Å². The van der Waals surface area contributed by atoms with E-state index in [0.717, 1.165) is 16.0 Å². The summed E-state index contributed by atoms with van der Waals surface area (Å²) in [7, 11) is 0. The van der Waals surface area contributed by atoms with Crippen LogP contribution in [0.15, 0.2) is 47.6 Å².